The molecule has 0 aliphatic heterocycles. The minimum atomic E-state index is -0.0802. The number of nitrogens with zero attached hydrogens (tertiary/aromatic N) is 1. The highest BCUT2D eigenvalue weighted by molar-refractivity contribution is 5.83. The third kappa shape index (κ3) is 4.45. The molecule has 0 aliphatic rings. The second kappa shape index (κ2) is 7.23. The minimum absolute atomic E-state index is 0.0802. The average molecular weight is 286 g/mol. The molecule has 21 heavy (non-hydrogen) atoms. The van der Waals surface area contributed by atoms with Gasteiger partial charge in [-0.05, 0) is 30.7 Å². The van der Waals surface area contributed by atoms with Crippen LogP contribution in [0.4, 0.5) is 5.69 Å². The van der Waals surface area contributed by atoms with E-state index in [1.165, 1.54) is 0 Å². The maximum Gasteiger partial charge on any atom is 0.226 e. The van der Waals surface area contributed by atoms with E-state index in [0.717, 1.165) is 16.6 Å². The fourth-order valence-electron chi connectivity index (χ4n) is 1.99. The summed E-state index contributed by atoms with van der Waals surface area (Å²) in [5.41, 5.74) is 7.95. The summed E-state index contributed by atoms with van der Waals surface area (Å²) in [6.45, 7) is 1.09. The topological polar surface area (TPSA) is 97.1 Å². The maximum atomic E-state index is 11.8. The molecular formula is C15H18N4O2. The molecule has 2 rings (SSSR count). The normalized spacial score (nSPS) is 10.3. The van der Waals surface area contributed by atoms with Crippen molar-refractivity contribution in [2.45, 2.75) is 12.8 Å². The highest BCUT2D eigenvalue weighted by Gasteiger charge is 2.05. The van der Waals surface area contributed by atoms with Crippen LogP contribution in [0.5, 0.6) is 0 Å². The van der Waals surface area contributed by atoms with Crippen LogP contribution in [0.15, 0.2) is 30.3 Å². The van der Waals surface area contributed by atoms with Gasteiger partial charge >= 0.3 is 0 Å². The number of benzene rings is 1. The van der Waals surface area contributed by atoms with Gasteiger partial charge in [-0.15, -0.1) is 0 Å². The number of aromatic nitrogens is 1. The molecule has 0 fully saturated rings. The molecule has 0 unspecified atom stereocenters. The molecule has 2 amide bonds. The first kappa shape index (κ1) is 14.8. The zero-order valence-electron chi connectivity index (χ0n) is 11.6. The van der Waals surface area contributed by atoms with Crippen molar-refractivity contribution in [3.63, 3.8) is 0 Å². The van der Waals surface area contributed by atoms with E-state index in [-0.39, 0.29) is 12.3 Å². The van der Waals surface area contributed by atoms with Crippen LogP contribution < -0.4 is 16.4 Å². The van der Waals surface area contributed by atoms with Crippen molar-refractivity contribution >= 4 is 28.9 Å². The van der Waals surface area contributed by atoms with Crippen molar-refractivity contribution in [2.24, 2.45) is 0 Å². The number of anilines is 1. The third-order valence-electron chi connectivity index (χ3n) is 3.02. The molecular weight excluding hydrogens is 268 g/mol. The van der Waals surface area contributed by atoms with Gasteiger partial charge in [0.25, 0.3) is 0 Å². The first-order valence-electron chi connectivity index (χ1n) is 6.78. The second-order valence-corrected chi connectivity index (χ2v) is 4.71. The Morgan fingerprint density at radius 1 is 1.24 bits per heavy atom. The molecule has 110 valence electrons. The largest absolute Gasteiger partial charge is 0.399 e. The van der Waals surface area contributed by atoms with Crippen molar-refractivity contribution in [3.05, 3.63) is 36.0 Å². The summed E-state index contributed by atoms with van der Waals surface area (Å²) < 4.78 is 0. The lowest BCUT2D eigenvalue weighted by Gasteiger charge is -2.06. The molecule has 1 heterocycles. The number of nitrogens with two attached hydrogens (primary N) is 1. The number of hydrogen-bond donors (Lipinski definition) is 3. The molecule has 0 saturated heterocycles. The molecule has 0 bridgehead atoms. The van der Waals surface area contributed by atoms with E-state index in [2.05, 4.69) is 15.6 Å². The van der Waals surface area contributed by atoms with Crippen LogP contribution in [0.25, 0.3) is 10.9 Å². The predicted octanol–water partition coefficient (Wildman–Crippen LogP) is 0.612. The van der Waals surface area contributed by atoms with Crippen molar-refractivity contribution in [3.8, 4) is 0 Å². The Labute approximate surface area is 122 Å². The molecule has 0 atom stereocenters. The van der Waals surface area contributed by atoms with Gasteiger partial charge < -0.3 is 16.4 Å². The van der Waals surface area contributed by atoms with Crippen LogP contribution >= 0.6 is 0 Å². The van der Waals surface area contributed by atoms with E-state index in [1.807, 2.05) is 24.3 Å². The van der Waals surface area contributed by atoms with Gasteiger partial charge in [0.05, 0.1) is 17.6 Å². The Bertz CT molecular complexity index is 643. The highest BCUT2D eigenvalue weighted by Crippen LogP contribution is 2.16. The molecule has 6 heteroatoms. The smallest absolute Gasteiger partial charge is 0.226 e. The Morgan fingerprint density at radius 2 is 2.10 bits per heavy atom. The van der Waals surface area contributed by atoms with Crippen molar-refractivity contribution < 1.29 is 9.59 Å². The van der Waals surface area contributed by atoms with Gasteiger partial charge in [-0.1, -0.05) is 6.07 Å². The van der Waals surface area contributed by atoms with Gasteiger partial charge in [0, 0.05) is 24.2 Å². The fraction of sp³-hybridized carbons (Fsp3) is 0.267. The highest BCUT2D eigenvalue weighted by atomic mass is 16.1. The quantitative estimate of drug-likeness (QED) is 0.395. The lowest BCUT2D eigenvalue weighted by molar-refractivity contribution is -0.120. The summed E-state index contributed by atoms with van der Waals surface area (Å²) in [7, 11) is 0. The summed E-state index contributed by atoms with van der Waals surface area (Å²) in [6, 6.07) is 9.23. The van der Waals surface area contributed by atoms with Gasteiger partial charge in [0.2, 0.25) is 12.3 Å². The Kier molecular flexibility index (Phi) is 5.09. The SMILES string of the molecule is Nc1ccc2nc(CC(=O)NCCCNC=O)ccc2c1. The molecule has 6 nitrogen and oxygen atoms in total. The number of nitrogens with one attached hydrogen (secondary N) is 2. The zero-order valence-corrected chi connectivity index (χ0v) is 11.6. The number of hydrogen-bond acceptors (Lipinski definition) is 4. The van der Waals surface area contributed by atoms with E-state index in [0.29, 0.717) is 31.6 Å². The first-order valence-corrected chi connectivity index (χ1v) is 6.78. The van der Waals surface area contributed by atoms with E-state index in [4.69, 9.17) is 5.73 Å². The molecule has 1 aromatic carbocycles. The number of pyridine rings is 1. The number of nitrogen functional groups attached to an aromatic ring is 1. The molecule has 0 aliphatic carbocycles. The zero-order chi connectivity index (χ0) is 15.1. The molecule has 0 saturated carbocycles. The molecule has 0 spiro atoms. The predicted molar refractivity (Wildman–Crippen MR) is 81.6 cm³/mol. The van der Waals surface area contributed by atoms with Crippen molar-refractivity contribution in [2.75, 3.05) is 18.8 Å². The molecule has 2 aromatic rings. The van der Waals surface area contributed by atoms with Gasteiger partial charge in [-0.3, -0.25) is 14.6 Å². The number of carbonyl (C=O) groups is 2. The maximum absolute atomic E-state index is 11.8. The van der Waals surface area contributed by atoms with Gasteiger partial charge in [-0.25, -0.2) is 0 Å². The fourth-order valence-corrected chi connectivity index (χ4v) is 1.99. The van der Waals surface area contributed by atoms with Gasteiger partial charge in [0.1, 0.15) is 0 Å². The standard InChI is InChI=1S/C15H18N4O2/c16-12-3-5-14-11(8-12)2-4-13(19-14)9-15(21)18-7-1-6-17-10-20/h2-5,8,10H,1,6-7,9,16H2,(H,17,20)(H,18,21). The van der Waals surface area contributed by atoms with Crippen molar-refractivity contribution in [1.82, 2.24) is 15.6 Å². The van der Waals surface area contributed by atoms with E-state index >= 15 is 0 Å². The number of carbonyl (C=O) groups excluding carboxylic acids is 2. The first-order chi connectivity index (χ1) is 10.2. The van der Waals surface area contributed by atoms with Gasteiger partial charge in [-0.2, -0.15) is 0 Å². The Balaban J connectivity index is 1.89. The van der Waals surface area contributed by atoms with Crippen LogP contribution in [-0.4, -0.2) is 30.4 Å². The summed E-state index contributed by atoms with van der Waals surface area (Å²) >= 11 is 0. The van der Waals surface area contributed by atoms with Gasteiger partial charge in [0.15, 0.2) is 0 Å². The molecule has 1 aromatic heterocycles. The monoisotopic (exact) mass is 286 g/mol. The van der Waals surface area contributed by atoms with E-state index in [9.17, 15) is 9.59 Å². The molecule has 0 radical (unpaired) electrons. The van der Waals surface area contributed by atoms with E-state index in [1.54, 1.807) is 6.07 Å². The van der Waals surface area contributed by atoms with Crippen LogP contribution in [0.1, 0.15) is 12.1 Å². The van der Waals surface area contributed by atoms with Crippen LogP contribution in [0.3, 0.4) is 0 Å². The van der Waals surface area contributed by atoms with Crippen LogP contribution in [0, 0.1) is 0 Å². The average Bonchev–Trinajstić information content (AvgIpc) is 2.47. The minimum Gasteiger partial charge on any atom is -0.399 e. The third-order valence-corrected chi connectivity index (χ3v) is 3.02. The summed E-state index contributed by atoms with van der Waals surface area (Å²) in [4.78, 5) is 26.3. The number of amides is 2. The summed E-state index contributed by atoms with van der Waals surface area (Å²) in [5, 5.41) is 6.29. The van der Waals surface area contributed by atoms with Crippen LogP contribution in [-0.2, 0) is 16.0 Å². The lowest BCUT2D eigenvalue weighted by Crippen LogP contribution is -2.28. The van der Waals surface area contributed by atoms with Crippen LogP contribution in [0.2, 0.25) is 0 Å². The molecule has 4 N–H and O–H groups in total. The van der Waals surface area contributed by atoms with E-state index < -0.39 is 0 Å². The number of rotatable bonds is 7. The Hall–Kier alpha value is -2.63. The number of fused-ring (bicyclic) bond motifs is 1. The second-order valence-electron chi connectivity index (χ2n) is 4.71. The Morgan fingerprint density at radius 3 is 2.90 bits per heavy atom. The van der Waals surface area contributed by atoms with Crippen molar-refractivity contribution in [1.29, 1.82) is 0 Å². The lowest BCUT2D eigenvalue weighted by atomic mass is 10.1. The summed E-state index contributed by atoms with van der Waals surface area (Å²) in [5.74, 6) is -0.0802. The summed E-state index contributed by atoms with van der Waals surface area (Å²) in [6.07, 6.45) is 1.59.